The van der Waals surface area contributed by atoms with Crippen molar-refractivity contribution in [3.8, 4) is 0 Å². The maximum atomic E-state index is 5.77. The molecule has 1 heterocycles. The van der Waals surface area contributed by atoms with E-state index < -0.39 is 0 Å². The molecule has 0 saturated carbocycles. The molecule has 0 atom stereocenters. The van der Waals surface area contributed by atoms with Crippen molar-refractivity contribution in [3.05, 3.63) is 47.7 Å². The first kappa shape index (κ1) is 16.6. The van der Waals surface area contributed by atoms with Gasteiger partial charge in [-0.1, -0.05) is 30.4 Å². The summed E-state index contributed by atoms with van der Waals surface area (Å²) in [6.07, 6.45) is 0. The van der Waals surface area contributed by atoms with Gasteiger partial charge in [-0.3, -0.25) is 0 Å². The first-order valence-corrected chi connectivity index (χ1v) is 6.23. The van der Waals surface area contributed by atoms with Crippen LogP contribution in [0.2, 0.25) is 0 Å². The Kier molecular flexibility index (Phi) is 6.06. The van der Waals surface area contributed by atoms with Gasteiger partial charge in [0.05, 0.1) is 0 Å². The lowest BCUT2D eigenvalue weighted by Crippen LogP contribution is -2.32. The van der Waals surface area contributed by atoms with E-state index in [0.29, 0.717) is 19.0 Å². The van der Waals surface area contributed by atoms with Crippen molar-refractivity contribution < 1.29 is 4.42 Å². The quantitative estimate of drug-likeness (QED) is 0.367. The van der Waals surface area contributed by atoms with Crippen LogP contribution in [0.25, 0.3) is 11.0 Å². The molecule has 0 fully saturated rings. The minimum atomic E-state index is 0. The second-order valence-corrected chi connectivity index (χ2v) is 4.66. The van der Waals surface area contributed by atoms with Crippen molar-refractivity contribution in [2.24, 2.45) is 10.7 Å². The summed E-state index contributed by atoms with van der Waals surface area (Å²) < 4.78 is 5.77. The summed E-state index contributed by atoms with van der Waals surface area (Å²) in [5, 5.41) is 4.12. The monoisotopic (exact) mass is 385 g/mol. The number of nitrogens with zero attached hydrogens (tertiary/aromatic N) is 1. The maximum Gasteiger partial charge on any atom is 0.189 e. The van der Waals surface area contributed by atoms with E-state index in [1.165, 1.54) is 0 Å². The summed E-state index contributed by atoms with van der Waals surface area (Å²) in [6.45, 7) is 8.84. The number of aryl methyl sites for hydroxylation is 1. The summed E-state index contributed by atoms with van der Waals surface area (Å²) in [7, 11) is 0. The molecule has 0 amide bonds. The van der Waals surface area contributed by atoms with Crippen molar-refractivity contribution in [2.45, 2.75) is 20.4 Å². The minimum Gasteiger partial charge on any atom is -0.459 e. The molecule has 0 unspecified atom stereocenters. The molecule has 0 radical (unpaired) electrons. The topological polar surface area (TPSA) is 63.5 Å². The van der Waals surface area contributed by atoms with Gasteiger partial charge in [-0.25, -0.2) is 4.99 Å². The van der Waals surface area contributed by atoms with Gasteiger partial charge in [0.25, 0.3) is 0 Å². The zero-order chi connectivity index (χ0) is 13.8. The van der Waals surface area contributed by atoms with Gasteiger partial charge in [0, 0.05) is 17.5 Å². The fraction of sp³-hybridized carbons (Fsp3) is 0.267. The average Bonchev–Trinajstić information content (AvgIpc) is 2.71. The molecule has 20 heavy (non-hydrogen) atoms. The number of rotatable bonds is 4. The first-order valence-electron chi connectivity index (χ1n) is 6.23. The minimum absolute atomic E-state index is 0. The van der Waals surface area contributed by atoms with E-state index in [2.05, 4.69) is 16.9 Å². The van der Waals surface area contributed by atoms with E-state index in [-0.39, 0.29) is 24.0 Å². The van der Waals surface area contributed by atoms with E-state index in [9.17, 15) is 0 Å². The largest absolute Gasteiger partial charge is 0.459 e. The summed E-state index contributed by atoms with van der Waals surface area (Å²) in [5.74, 6) is 1.25. The predicted molar refractivity (Wildman–Crippen MR) is 94.5 cm³/mol. The van der Waals surface area contributed by atoms with Crippen molar-refractivity contribution in [1.82, 2.24) is 5.32 Å². The van der Waals surface area contributed by atoms with Gasteiger partial charge in [-0.15, -0.1) is 24.0 Å². The molecule has 108 valence electrons. The van der Waals surface area contributed by atoms with Crippen LogP contribution >= 0.6 is 24.0 Å². The molecule has 4 nitrogen and oxygen atoms in total. The number of guanidine groups is 1. The normalized spacial score (nSPS) is 11.2. The lowest BCUT2D eigenvalue weighted by atomic mass is 10.1. The number of nitrogens with two attached hydrogens (primary N) is 1. The summed E-state index contributed by atoms with van der Waals surface area (Å²) >= 11 is 0. The van der Waals surface area contributed by atoms with Crippen LogP contribution in [0, 0.1) is 6.92 Å². The lowest BCUT2D eigenvalue weighted by molar-refractivity contribution is 0.548. The van der Waals surface area contributed by atoms with Gasteiger partial charge < -0.3 is 15.5 Å². The maximum absolute atomic E-state index is 5.77. The van der Waals surface area contributed by atoms with Gasteiger partial charge in [0.2, 0.25) is 0 Å². The fourth-order valence-electron chi connectivity index (χ4n) is 1.83. The SMILES string of the molecule is C=C(C)CNC(N)=NCc1oc2ccccc2c1C.I. The van der Waals surface area contributed by atoms with Crippen LogP contribution < -0.4 is 11.1 Å². The molecule has 0 aliphatic heterocycles. The number of para-hydroxylation sites is 1. The van der Waals surface area contributed by atoms with Gasteiger partial charge in [-0.05, 0) is 19.9 Å². The Labute approximate surface area is 136 Å². The third kappa shape index (κ3) is 4.00. The molecule has 0 bridgehead atoms. The third-order valence-electron chi connectivity index (χ3n) is 2.91. The smallest absolute Gasteiger partial charge is 0.189 e. The molecular weight excluding hydrogens is 365 g/mol. The molecule has 1 aromatic carbocycles. The number of nitrogens with one attached hydrogen (secondary N) is 1. The molecule has 0 saturated heterocycles. The second-order valence-electron chi connectivity index (χ2n) is 4.66. The standard InChI is InChI=1S/C15H19N3O.HI/c1-10(2)8-17-15(16)18-9-14-11(3)12-6-4-5-7-13(12)19-14;/h4-7H,1,8-9H2,2-3H3,(H3,16,17,18);1H. The highest BCUT2D eigenvalue weighted by Gasteiger charge is 2.08. The number of hydrogen-bond donors (Lipinski definition) is 2. The van der Waals surface area contributed by atoms with Crippen LogP contribution in [0.3, 0.4) is 0 Å². The van der Waals surface area contributed by atoms with E-state index in [1.807, 2.05) is 38.1 Å². The highest BCUT2D eigenvalue weighted by Crippen LogP contribution is 2.25. The Bertz CT molecular complexity index is 631. The summed E-state index contributed by atoms with van der Waals surface area (Å²) in [5.41, 5.74) is 8.79. The van der Waals surface area contributed by atoms with E-state index in [0.717, 1.165) is 27.9 Å². The van der Waals surface area contributed by atoms with Gasteiger partial charge in [-0.2, -0.15) is 0 Å². The third-order valence-corrected chi connectivity index (χ3v) is 2.91. The van der Waals surface area contributed by atoms with Crippen LogP contribution in [0.1, 0.15) is 18.2 Å². The zero-order valence-corrected chi connectivity index (χ0v) is 14.1. The van der Waals surface area contributed by atoms with E-state index in [1.54, 1.807) is 0 Å². The van der Waals surface area contributed by atoms with Crippen molar-refractivity contribution in [1.29, 1.82) is 0 Å². The first-order chi connectivity index (χ1) is 9.08. The van der Waals surface area contributed by atoms with E-state index >= 15 is 0 Å². The Balaban J connectivity index is 0.00000200. The van der Waals surface area contributed by atoms with Crippen LogP contribution in [-0.4, -0.2) is 12.5 Å². The van der Waals surface area contributed by atoms with Crippen LogP contribution in [0.15, 0.2) is 45.8 Å². The number of hydrogen-bond acceptors (Lipinski definition) is 2. The Morgan fingerprint density at radius 3 is 2.75 bits per heavy atom. The van der Waals surface area contributed by atoms with Crippen LogP contribution in [0.4, 0.5) is 0 Å². The highest BCUT2D eigenvalue weighted by molar-refractivity contribution is 14.0. The Morgan fingerprint density at radius 1 is 1.40 bits per heavy atom. The zero-order valence-electron chi connectivity index (χ0n) is 11.8. The summed E-state index contributed by atoms with van der Waals surface area (Å²) in [4.78, 5) is 4.27. The number of benzene rings is 1. The lowest BCUT2D eigenvalue weighted by Gasteiger charge is -2.04. The molecule has 0 aliphatic rings. The molecule has 1 aromatic heterocycles. The second kappa shape index (κ2) is 7.33. The van der Waals surface area contributed by atoms with Gasteiger partial charge >= 0.3 is 0 Å². The molecule has 3 N–H and O–H groups in total. The number of furan rings is 1. The molecule has 0 spiro atoms. The van der Waals surface area contributed by atoms with Crippen molar-refractivity contribution in [3.63, 3.8) is 0 Å². The van der Waals surface area contributed by atoms with E-state index in [4.69, 9.17) is 10.2 Å². The predicted octanol–water partition coefficient (Wildman–Crippen LogP) is 3.34. The Morgan fingerprint density at radius 2 is 2.10 bits per heavy atom. The molecule has 2 aromatic rings. The average molecular weight is 385 g/mol. The molecular formula is C15H20IN3O. The molecule has 0 aliphatic carbocycles. The number of halogens is 1. The van der Waals surface area contributed by atoms with Crippen LogP contribution in [-0.2, 0) is 6.54 Å². The van der Waals surface area contributed by atoms with Crippen molar-refractivity contribution in [2.75, 3.05) is 6.54 Å². The Hall–Kier alpha value is -1.50. The molecule has 2 rings (SSSR count). The number of aliphatic imine (C=N–C) groups is 1. The number of fused-ring (bicyclic) bond motifs is 1. The van der Waals surface area contributed by atoms with Gasteiger partial charge in [0.1, 0.15) is 17.9 Å². The summed E-state index contributed by atoms with van der Waals surface area (Å²) in [6, 6.07) is 7.96. The fourth-order valence-corrected chi connectivity index (χ4v) is 1.83. The highest BCUT2D eigenvalue weighted by atomic mass is 127. The van der Waals surface area contributed by atoms with Crippen LogP contribution in [0.5, 0.6) is 0 Å². The van der Waals surface area contributed by atoms with Gasteiger partial charge in [0.15, 0.2) is 5.96 Å². The molecule has 5 heteroatoms. The van der Waals surface area contributed by atoms with Crippen molar-refractivity contribution >= 4 is 40.9 Å².